The third-order valence-corrected chi connectivity index (χ3v) is 3.97. The summed E-state index contributed by atoms with van der Waals surface area (Å²) in [7, 11) is 4.04. The average molecular weight is 275 g/mol. The van der Waals surface area contributed by atoms with Gasteiger partial charge >= 0.3 is 0 Å². The lowest BCUT2D eigenvalue weighted by atomic mass is 10.1. The predicted octanol–water partition coefficient (Wildman–Crippen LogP) is 1.21. The molecule has 0 radical (unpaired) electrons. The molecule has 1 saturated heterocycles. The van der Waals surface area contributed by atoms with Gasteiger partial charge in [0.15, 0.2) is 0 Å². The largest absolute Gasteiger partial charge is 0.341 e. The molecule has 1 aliphatic rings. The molecule has 4 nitrogen and oxygen atoms in total. The van der Waals surface area contributed by atoms with Crippen LogP contribution in [0.3, 0.4) is 0 Å². The predicted molar refractivity (Wildman–Crippen MR) is 81.8 cm³/mol. The summed E-state index contributed by atoms with van der Waals surface area (Å²) in [6.45, 7) is 3.68. The van der Waals surface area contributed by atoms with E-state index in [1.54, 1.807) is 0 Å². The van der Waals surface area contributed by atoms with Crippen LogP contribution in [0.4, 0.5) is 0 Å². The molecular weight excluding hydrogens is 250 g/mol. The first-order chi connectivity index (χ1) is 9.60. The minimum absolute atomic E-state index is 0.110. The minimum atomic E-state index is 0.110. The number of carbonyl (C=O) groups is 1. The molecule has 1 fully saturated rings. The Bertz CT molecular complexity index is 461. The van der Waals surface area contributed by atoms with Gasteiger partial charge < -0.3 is 15.5 Å². The zero-order valence-corrected chi connectivity index (χ0v) is 12.5. The maximum atomic E-state index is 12.5. The fourth-order valence-corrected chi connectivity index (χ4v) is 2.89. The van der Waals surface area contributed by atoms with Crippen molar-refractivity contribution in [1.82, 2.24) is 9.80 Å². The molecule has 4 heteroatoms. The SMILES string of the molecule is CN1CCC(CN(C)C(=O)c2cccc(CCN)c2)C1. The van der Waals surface area contributed by atoms with Crippen molar-refractivity contribution in [1.29, 1.82) is 0 Å². The van der Waals surface area contributed by atoms with Gasteiger partial charge in [0.2, 0.25) is 0 Å². The van der Waals surface area contributed by atoms with Crippen molar-refractivity contribution >= 4 is 5.91 Å². The van der Waals surface area contributed by atoms with Gasteiger partial charge in [0.25, 0.3) is 5.91 Å². The van der Waals surface area contributed by atoms with Crippen molar-refractivity contribution in [2.45, 2.75) is 12.8 Å². The van der Waals surface area contributed by atoms with Crippen molar-refractivity contribution in [3.05, 3.63) is 35.4 Å². The number of nitrogens with two attached hydrogens (primary N) is 1. The van der Waals surface area contributed by atoms with Gasteiger partial charge in [-0.15, -0.1) is 0 Å². The van der Waals surface area contributed by atoms with E-state index in [1.807, 2.05) is 36.2 Å². The summed E-state index contributed by atoms with van der Waals surface area (Å²) in [5.41, 5.74) is 7.47. The molecule has 1 heterocycles. The third-order valence-electron chi connectivity index (χ3n) is 3.97. The Hall–Kier alpha value is -1.39. The van der Waals surface area contributed by atoms with Gasteiger partial charge in [-0.05, 0) is 56.6 Å². The molecule has 2 rings (SSSR count). The summed E-state index contributed by atoms with van der Waals surface area (Å²) < 4.78 is 0. The van der Waals surface area contributed by atoms with Crippen LogP contribution in [-0.2, 0) is 6.42 Å². The molecule has 0 aliphatic carbocycles. The highest BCUT2D eigenvalue weighted by atomic mass is 16.2. The fraction of sp³-hybridized carbons (Fsp3) is 0.562. The van der Waals surface area contributed by atoms with Crippen LogP contribution in [0.1, 0.15) is 22.3 Å². The van der Waals surface area contributed by atoms with Gasteiger partial charge in [-0.3, -0.25) is 4.79 Å². The summed E-state index contributed by atoms with van der Waals surface area (Å²) in [5.74, 6) is 0.708. The lowest BCUT2D eigenvalue weighted by molar-refractivity contribution is 0.0774. The molecule has 1 amide bonds. The number of amides is 1. The van der Waals surface area contributed by atoms with Crippen molar-refractivity contribution in [3.8, 4) is 0 Å². The van der Waals surface area contributed by atoms with Crippen molar-refractivity contribution in [2.75, 3.05) is 40.3 Å². The van der Waals surface area contributed by atoms with E-state index in [2.05, 4.69) is 11.9 Å². The maximum absolute atomic E-state index is 12.5. The van der Waals surface area contributed by atoms with Crippen molar-refractivity contribution in [3.63, 3.8) is 0 Å². The first kappa shape index (κ1) is 15.0. The third kappa shape index (κ3) is 3.81. The molecule has 1 atom stereocenters. The summed E-state index contributed by atoms with van der Waals surface area (Å²) in [4.78, 5) is 16.6. The van der Waals surface area contributed by atoms with Crippen LogP contribution in [0.5, 0.6) is 0 Å². The first-order valence-corrected chi connectivity index (χ1v) is 7.33. The highest BCUT2D eigenvalue weighted by Gasteiger charge is 2.23. The van der Waals surface area contributed by atoms with E-state index in [0.717, 1.165) is 37.2 Å². The summed E-state index contributed by atoms with van der Waals surface area (Å²) >= 11 is 0. The number of nitrogens with zero attached hydrogens (tertiary/aromatic N) is 2. The number of benzene rings is 1. The number of carbonyl (C=O) groups excluding carboxylic acids is 1. The Labute approximate surface area is 121 Å². The second kappa shape index (κ2) is 6.86. The van der Waals surface area contributed by atoms with Crippen LogP contribution in [-0.4, -0.2) is 56.0 Å². The van der Waals surface area contributed by atoms with Crippen LogP contribution < -0.4 is 5.73 Å². The zero-order valence-electron chi connectivity index (χ0n) is 12.5. The monoisotopic (exact) mass is 275 g/mol. The van der Waals surface area contributed by atoms with Gasteiger partial charge in [0.05, 0.1) is 0 Å². The second-order valence-corrected chi connectivity index (χ2v) is 5.84. The van der Waals surface area contributed by atoms with Crippen LogP contribution in [0.15, 0.2) is 24.3 Å². The number of hydrogen-bond donors (Lipinski definition) is 1. The molecule has 0 aromatic heterocycles. The lowest BCUT2D eigenvalue weighted by Crippen LogP contribution is -2.32. The van der Waals surface area contributed by atoms with Crippen LogP contribution in [0.2, 0.25) is 0 Å². The zero-order chi connectivity index (χ0) is 14.5. The second-order valence-electron chi connectivity index (χ2n) is 5.84. The molecule has 110 valence electrons. The van der Waals surface area contributed by atoms with Crippen LogP contribution in [0, 0.1) is 5.92 Å². The minimum Gasteiger partial charge on any atom is -0.341 e. The van der Waals surface area contributed by atoms with Crippen molar-refractivity contribution in [2.24, 2.45) is 11.7 Å². The molecule has 0 saturated carbocycles. The Morgan fingerprint density at radius 1 is 1.50 bits per heavy atom. The van der Waals surface area contributed by atoms with E-state index < -0.39 is 0 Å². The maximum Gasteiger partial charge on any atom is 0.253 e. The topological polar surface area (TPSA) is 49.6 Å². The molecule has 1 aromatic rings. The Morgan fingerprint density at radius 2 is 2.30 bits per heavy atom. The van der Waals surface area contributed by atoms with Crippen molar-refractivity contribution < 1.29 is 4.79 Å². The van der Waals surface area contributed by atoms with E-state index in [1.165, 1.54) is 6.42 Å². The van der Waals surface area contributed by atoms with E-state index in [4.69, 9.17) is 5.73 Å². The molecule has 20 heavy (non-hydrogen) atoms. The number of likely N-dealkylation sites (tertiary alicyclic amines) is 1. The lowest BCUT2D eigenvalue weighted by Gasteiger charge is -2.21. The molecule has 2 N–H and O–H groups in total. The smallest absolute Gasteiger partial charge is 0.253 e. The van der Waals surface area contributed by atoms with Gasteiger partial charge in [-0.1, -0.05) is 12.1 Å². The summed E-state index contributed by atoms with van der Waals surface area (Å²) in [5, 5.41) is 0. The summed E-state index contributed by atoms with van der Waals surface area (Å²) in [6.07, 6.45) is 2.00. The number of rotatable bonds is 5. The summed E-state index contributed by atoms with van der Waals surface area (Å²) in [6, 6.07) is 7.82. The number of hydrogen-bond acceptors (Lipinski definition) is 3. The van der Waals surface area contributed by atoms with Crippen LogP contribution in [0.25, 0.3) is 0 Å². The van der Waals surface area contributed by atoms with E-state index in [9.17, 15) is 4.79 Å². The quantitative estimate of drug-likeness (QED) is 0.879. The molecule has 0 spiro atoms. The van der Waals surface area contributed by atoms with E-state index >= 15 is 0 Å². The van der Waals surface area contributed by atoms with Gasteiger partial charge in [0.1, 0.15) is 0 Å². The molecule has 0 bridgehead atoms. The standard InChI is InChI=1S/C16H25N3O/c1-18-9-7-14(11-18)12-19(2)16(20)15-5-3-4-13(10-15)6-8-17/h3-5,10,14H,6-9,11-12,17H2,1-2H3. The van der Waals surface area contributed by atoms with Gasteiger partial charge in [0, 0.05) is 25.7 Å². The fourth-order valence-electron chi connectivity index (χ4n) is 2.89. The molecular formula is C16H25N3O. The molecule has 1 unspecified atom stereocenters. The highest BCUT2D eigenvalue weighted by molar-refractivity contribution is 5.94. The Kier molecular flexibility index (Phi) is 5.15. The van der Waals surface area contributed by atoms with Crippen LogP contribution >= 0.6 is 0 Å². The highest BCUT2D eigenvalue weighted by Crippen LogP contribution is 2.16. The van der Waals surface area contributed by atoms with Gasteiger partial charge in [-0.2, -0.15) is 0 Å². The normalized spacial score (nSPS) is 19.2. The Balaban J connectivity index is 1.97. The molecule has 1 aromatic carbocycles. The van der Waals surface area contributed by atoms with E-state index in [0.29, 0.717) is 12.5 Å². The molecule has 1 aliphatic heterocycles. The average Bonchev–Trinajstić information content (AvgIpc) is 2.84. The first-order valence-electron chi connectivity index (χ1n) is 7.33. The van der Waals surface area contributed by atoms with Gasteiger partial charge in [-0.25, -0.2) is 0 Å². The van der Waals surface area contributed by atoms with E-state index in [-0.39, 0.29) is 5.91 Å². The Morgan fingerprint density at radius 3 is 2.95 bits per heavy atom.